The van der Waals surface area contributed by atoms with Crippen LogP contribution in [0.5, 0.6) is 0 Å². The SMILES string of the molecule is Cc1cc(CNC(=O)C2CCN(S(=O)(=O)c3ccc(Cl)cc3)CC2)nn1C. The summed E-state index contributed by atoms with van der Waals surface area (Å²) in [5.74, 6) is -0.242. The number of sulfonamides is 1. The maximum Gasteiger partial charge on any atom is 0.243 e. The minimum atomic E-state index is -3.55. The van der Waals surface area contributed by atoms with E-state index in [-0.39, 0.29) is 16.7 Å². The fraction of sp³-hybridized carbons (Fsp3) is 0.444. The Bertz CT molecular complexity index is 897. The third kappa shape index (κ3) is 4.51. The van der Waals surface area contributed by atoms with Crippen LogP contribution < -0.4 is 5.32 Å². The van der Waals surface area contributed by atoms with Crippen LogP contribution in [-0.2, 0) is 28.4 Å². The van der Waals surface area contributed by atoms with Gasteiger partial charge < -0.3 is 5.32 Å². The lowest BCUT2D eigenvalue weighted by Gasteiger charge is -2.30. The molecule has 2 heterocycles. The number of nitrogens with one attached hydrogen (secondary N) is 1. The van der Waals surface area contributed by atoms with Crippen LogP contribution in [0.25, 0.3) is 0 Å². The van der Waals surface area contributed by atoms with E-state index in [9.17, 15) is 13.2 Å². The van der Waals surface area contributed by atoms with Gasteiger partial charge >= 0.3 is 0 Å². The number of nitrogens with zero attached hydrogens (tertiary/aromatic N) is 3. The molecule has 0 spiro atoms. The monoisotopic (exact) mass is 410 g/mol. The second kappa shape index (κ2) is 8.00. The lowest BCUT2D eigenvalue weighted by Crippen LogP contribution is -2.42. The van der Waals surface area contributed by atoms with Crippen molar-refractivity contribution >= 4 is 27.5 Å². The summed E-state index contributed by atoms with van der Waals surface area (Å²) in [5, 5.41) is 7.71. The van der Waals surface area contributed by atoms with Crippen molar-refractivity contribution in [3.05, 3.63) is 46.7 Å². The summed E-state index contributed by atoms with van der Waals surface area (Å²) in [6.45, 7) is 2.98. The van der Waals surface area contributed by atoms with Crippen LogP contribution in [-0.4, -0.2) is 41.5 Å². The van der Waals surface area contributed by atoms with Crippen molar-refractivity contribution in [2.75, 3.05) is 13.1 Å². The molecule has 7 nitrogen and oxygen atoms in total. The van der Waals surface area contributed by atoms with Gasteiger partial charge in [0.2, 0.25) is 15.9 Å². The molecule has 0 bridgehead atoms. The number of rotatable bonds is 5. The van der Waals surface area contributed by atoms with Crippen LogP contribution in [0, 0.1) is 12.8 Å². The highest BCUT2D eigenvalue weighted by Crippen LogP contribution is 2.25. The van der Waals surface area contributed by atoms with Crippen molar-refractivity contribution in [3.63, 3.8) is 0 Å². The van der Waals surface area contributed by atoms with Crippen molar-refractivity contribution < 1.29 is 13.2 Å². The Kier molecular flexibility index (Phi) is 5.88. The van der Waals surface area contributed by atoms with Gasteiger partial charge in [0, 0.05) is 36.8 Å². The smallest absolute Gasteiger partial charge is 0.243 e. The predicted octanol–water partition coefficient (Wildman–Crippen LogP) is 2.10. The summed E-state index contributed by atoms with van der Waals surface area (Å²) in [5.41, 5.74) is 1.84. The molecule has 1 aliphatic rings. The third-order valence-corrected chi connectivity index (χ3v) is 7.05. The molecule has 3 rings (SSSR count). The molecule has 0 atom stereocenters. The minimum absolute atomic E-state index is 0.0538. The Morgan fingerprint density at radius 2 is 1.89 bits per heavy atom. The van der Waals surface area contributed by atoms with Crippen LogP contribution in [0.4, 0.5) is 0 Å². The van der Waals surface area contributed by atoms with Crippen molar-refractivity contribution in [1.82, 2.24) is 19.4 Å². The summed E-state index contributed by atoms with van der Waals surface area (Å²) in [4.78, 5) is 12.6. The molecular formula is C18H23ClN4O3S. The fourth-order valence-electron chi connectivity index (χ4n) is 3.16. The van der Waals surface area contributed by atoms with Crippen LogP contribution in [0.1, 0.15) is 24.2 Å². The van der Waals surface area contributed by atoms with Gasteiger partial charge in [-0.05, 0) is 50.1 Å². The first kappa shape index (κ1) is 19.9. The van der Waals surface area contributed by atoms with Crippen molar-refractivity contribution in [2.45, 2.75) is 31.2 Å². The van der Waals surface area contributed by atoms with Crippen molar-refractivity contribution in [2.24, 2.45) is 13.0 Å². The second-order valence-corrected chi connectivity index (χ2v) is 9.13. The van der Waals surface area contributed by atoms with E-state index in [1.807, 2.05) is 20.0 Å². The normalized spacial score (nSPS) is 16.4. The molecule has 1 saturated heterocycles. The number of piperidine rings is 1. The molecule has 1 N–H and O–H groups in total. The topological polar surface area (TPSA) is 84.3 Å². The summed E-state index contributed by atoms with van der Waals surface area (Å²) >= 11 is 5.83. The highest BCUT2D eigenvalue weighted by molar-refractivity contribution is 7.89. The number of aryl methyl sites for hydroxylation is 2. The van der Waals surface area contributed by atoms with Crippen LogP contribution >= 0.6 is 11.6 Å². The molecule has 2 aromatic rings. The molecule has 1 fully saturated rings. The molecule has 1 aliphatic heterocycles. The Balaban J connectivity index is 1.54. The minimum Gasteiger partial charge on any atom is -0.350 e. The van der Waals surface area contributed by atoms with Crippen LogP contribution in [0.15, 0.2) is 35.2 Å². The number of amides is 1. The predicted molar refractivity (Wildman–Crippen MR) is 103 cm³/mol. The Morgan fingerprint density at radius 3 is 2.44 bits per heavy atom. The summed E-state index contributed by atoms with van der Waals surface area (Å²) in [7, 11) is -1.70. The Labute approximate surface area is 164 Å². The molecule has 0 saturated carbocycles. The maximum absolute atomic E-state index is 12.7. The lowest BCUT2D eigenvalue weighted by molar-refractivity contribution is -0.126. The summed E-state index contributed by atoms with van der Waals surface area (Å²) < 4.78 is 28.6. The van der Waals surface area contributed by atoms with Crippen molar-refractivity contribution in [3.8, 4) is 0 Å². The van der Waals surface area contributed by atoms with Gasteiger partial charge in [0.15, 0.2) is 0 Å². The van der Waals surface area contributed by atoms with E-state index in [2.05, 4.69) is 10.4 Å². The van der Waals surface area contributed by atoms with E-state index in [0.717, 1.165) is 11.4 Å². The zero-order valence-corrected chi connectivity index (χ0v) is 16.9. The Hall–Kier alpha value is -1.90. The van der Waals surface area contributed by atoms with Gasteiger partial charge in [0.05, 0.1) is 17.1 Å². The largest absolute Gasteiger partial charge is 0.350 e. The quantitative estimate of drug-likeness (QED) is 0.818. The van der Waals surface area contributed by atoms with E-state index >= 15 is 0 Å². The van der Waals surface area contributed by atoms with Crippen molar-refractivity contribution in [1.29, 1.82) is 0 Å². The molecule has 1 aromatic heterocycles. The van der Waals surface area contributed by atoms with Gasteiger partial charge in [0.1, 0.15) is 0 Å². The van der Waals surface area contributed by atoms with Gasteiger partial charge in [-0.2, -0.15) is 9.40 Å². The highest BCUT2D eigenvalue weighted by Gasteiger charge is 2.32. The molecule has 146 valence electrons. The summed E-state index contributed by atoms with van der Waals surface area (Å²) in [6, 6.07) is 8.07. The molecular weight excluding hydrogens is 388 g/mol. The molecule has 27 heavy (non-hydrogen) atoms. The molecule has 0 unspecified atom stereocenters. The van der Waals surface area contributed by atoms with E-state index < -0.39 is 10.0 Å². The van der Waals surface area contributed by atoms with Crippen LogP contribution in [0.3, 0.4) is 0 Å². The highest BCUT2D eigenvalue weighted by atomic mass is 35.5. The molecule has 1 amide bonds. The van der Waals surface area contributed by atoms with Crippen LogP contribution in [0.2, 0.25) is 5.02 Å². The van der Waals surface area contributed by atoms with E-state index in [4.69, 9.17) is 11.6 Å². The molecule has 9 heteroatoms. The van der Waals surface area contributed by atoms with E-state index in [1.54, 1.807) is 16.8 Å². The molecule has 1 aromatic carbocycles. The van der Waals surface area contributed by atoms with Gasteiger partial charge in [-0.3, -0.25) is 9.48 Å². The van der Waals surface area contributed by atoms with Gasteiger partial charge in [-0.25, -0.2) is 8.42 Å². The number of benzene rings is 1. The molecule has 0 aliphatic carbocycles. The number of hydrogen-bond acceptors (Lipinski definition) is 4. The number of hydrogen-bond donors (Lipinski definition) is 1. The first-order valence-corrected chi connectivity index (χ1v) is 10.6. The fourth-order valence-corrected chi connectivity index (χ4v) is 4.75. The number of carbonyl (C=O) groups excluding carboxylic acids is 1. The second-order valence-electron chi connectivity index (χ2n) is 6.75. The lowest BCUT2D eigenvalue weighted by atomic mass is 9.97. The maximum atomic E-state index is 12.7. The first-order chi connectivity index (χ1) is 12.8. The third-order valence-electron chi connectivity index (χ3n) is 4.88. The number of halogens is 1. The number of carbonyl (C=O) groups is 1. The van der Waals surface area contributed by atoms with Gasteiger partial charge in [0.25, 0.3) is 0 Å². The van der Waals surface area contributed by atoms with Gasteiger partial charge in [-0.15, -0.1) is 0 Å². The average Bonchev–Trinajstić information content (AvgIpc) is 2.98. The first-order valence-electron chi connectivity index (χ1n) is 8.80. The standard InChI is InChI=1S/C18H23ClN4O3S/c1-13-11-16(21-22(13)2)12-20-18(24)14-7-9-23(10-8-14)27(25,26)17-5-3-15(19)4-6-17/h3-6,11,14H,7-10,12H2,1-2H3,(H,20,24). The van der Waals surface area contributed by atoms with Gasteiger partial charge in [-0.1, -0.05) is 11.6 Å². The zero-order chi connectivity index (χ0) is 19.6. The average molecular weight is 411 g/mol. The zero-order valence-electron chi connectivity index (χ0n) is 15.4. The molecule has 0 radical (unpaired) electrons. The van der Waals surface area contributed by atoms with E-state index in [1.165, 1.54) is 16.4 Å². The number of aromatic nitrogens is 2. The summed E-state index contributed by atoms with van der Waals surface area (Å²) in [6.07, 6.45) is 1.000. The van der Waals surface area contributed by atoms with E-state index in [0.29, 0.717) is 37.5 Å². The Morgan fingerprint density at radius 1 is 1.26 bits per heavy atom.